The molecular formula is C12H23N5. The summed E-state index contributed by atoms with van der Waals surface area (Å²) >= 11 is 0. The molecule has 2 heterocycles. The van der Waals surface area contributed by atoms with Crippen LogP contribution in [-0.2, 0) is 13.1 Å². The van der Waals surface area contributed by atoms with Crippen molar-refractivity contribution in [2.45, 2.75) is 33.4 Å². The fourth-order valence-corrected chi connectivity index (χ4v) is 2.21. The van der Waals surface area contributed by atoms with Gasteiger partial charge < -0.3 is 9.88 Å². The number of nitrogens with zero attached hydrogens (tertiary/aromatic N) is 4. The molecular weight excluding hydrogens is 214 g/mol. The topological polar surface area (TPSA) is 46.0 Å². The molecule has 0 unspecified atom stereocenters. The highest BCUT2D eigenvalue weighted by Crippen LogP contribution is 2.06. The van der Waals surface area contributed by atoms with E-state index >= 15 is 0 Å². The van der Waals surface area contributed by atoms with Crippen LogP contribution < -0.4 is 5.32 Å². The van der Waals surface area contributed by atoms with Crippen molar-refractivity contribution in [2.75, 3.05) is 26.2 Å². The lowest BCUT2D eigenvalue weighted by atomic mass is 10.2. The van der Waals surface area contributed by atoms with Gasteiger partial charge in [0.05, 0.1) is 6.54 Å². The summed E-state index contributed by atoms with van der Waals surface area (Å²) in [7, 11) is 0. The second-order valence-corrected chi connectivity index (χ2v) is 5.17. The first-order valence-electron chi connectivity index (χ1n) is 6.55. The van der Waals surface area contributed by atoms with Crippen LogP contribution in [0.3, 0.4) is 0 Å². The average molecular weight is 237 g/mol. The fourth-order valence-electron chi connectivity index (χ4n) is 2.21. The van der Waals surface area contributed by atoms with Gasteiger partial charge in [-0.3, -0.25) is 4.90 Å². The molecule has 0 aliphatic carbocycles. The molecule has 5 heteroatoms. The Morgan fingerprint density at radius 3 is 3.06 bits per heavy atom. The largest absolute Gasteiger partial charge is 0.316 e. The Labute approximate surface area is 103 Å². The SMILES string of the molecule is CC(C)Cn1cnnc1CN1CCCNCC1. The van der Waals surface area contributed by atoms with Crippen LogP contribution in [0.15, 0.2) is 6.33 Å². The Balaban J connectivity index is 1.94. The van der Waals surface area contributed by atoms with Gasteiger partial charge >= 0.3 is 0 Å². The van der Waals surface area contributed by atoms with E-state index in [2.05, 4.69) is 38.8 Å². The molecule has 1 aliphatic heterocycles. The molecule has 1 N–H and O–H groups in total. The van der Waals surface area contributed by atoms with Gasteiger partial charge in [0.15, 0.2) is 0 Å². The van der Waals surface area contributed by atoms with Crippen LogP contribution in [0.25, 0.3) is 0 Å². The molecule has 1 aromatic heterocycles. The van der Waals surface area contributed by atoms with Crippen LogP contribution in [0.4, 0.5) is 0 Å². The predicted octanol–water partition coefficient (Wildman–Crippen LogP) is 0.729. The van der Waals surface area contributed by atoms with E-state index in [0.717, 1.165) is 45.1 Å². The maximum atomic E-state index is 4.24. The van der Waals surface area contributed by atoms with Crippen LogP contribution in [0, 0.1) is 5.92 Å². The Bertz CT molecular complexity index is 325. The molecule has 0 amide bonds. The normalized spacial score (nSPS) is 18.5. The lowest BCUT2D eigenvalue weighted by Crippen LogP contribution is -2.29. The molecule has 5 nitrogen and oxygen atoms in total. The van der Waals surface area contributed by atoms with E-state index in [4.69, 9.17) is 0 Å². The lowest BCUT2D eigenvalue weighted by Gasteiger charge is -2.19. The predicted molar refractivity (Wildman–Crippen MR) is 67.6 cm³/mol. The lowest BCUT2D eigenvalue weighted by molar-refractivity contribution is 0.270. The zero-order chi connectivity index (χ0) is 12.1. The van der Waals surface area contributed by atoms with Crippen LogP contribution in [0.1, 0.15) is 26.1 Å². The first-order chi connectivity index (χ1) is 8.25. The Morgan fingerprint density at radius 1 is 1.35 bits per heavy atom. The van der Waals surface area contributed by atoms with Crippen molar-refractivity contribution >= 4 is 0 Å². The minimum absolute atomic E-state index is 0.635. The smallest absolute Gasteiger partial charge is 0.147 e. The van der Waals surface area contributed by atoms with Gasteiger partial charge in [-0.25, -0.2) is 0 Å². The molecule has 0 atom stereocenters. The first-order valence-corrected chi connectivity index (χ1v) is 6.55. The maximum absolute atomic E-state index is 4.24. The van der Waals surface area contributed by atoms with E-state index in [1.807, 2.05) is 6.33 Å². The van der Waals surface area contributed by atoms with Crippen molar-refractivity contribution < 1.29 is 0 Å². The third kappa shape index (κ3) is 3.78. The molecule has 1 aliphatic rings. The van der Waals surface area contributed by atoms with Gasteiger partial charge in [0.1, 0.15) is 12.2 Å². The average Bonchev–Trinajstić information content (AvgIpc) is 2.55. The quantitative estimate of drug-likeness (QED) is 0.838. The number of aromatic nitrogens is 3. The van der Waals surface area contributed by atoms with Gasteiger partial charge in [-0.05, 0) is 25.4 Å². The summed E-state index contributed by atoms with van der Waals surface area (Å²) in [5.41, 5.74) is 0. The summed E-state index contributed by atoms with van der Waals surface area (Å²) in [4.78, 5) is 2.46. The number of rotatable bonds is 4. The van der Waals surface area contributed by atoms with Crippen molar-refractivity contribution in [1.29, 1.82) is 0 Å². The second kappa shape index (κ2) is 6.12. The van der Waals surface area contributed by atoms with Crippen LogP contribution >= 0.6 is 0 Å². The minimum Gasteiger partial charge on any atom is -0.316 e. The second-order valence-electron chi connectivity index (χ2n) is 5.17. The van der Waals surface area contributed by atoms with E-state index < -0.39 is 0 Å². The molecule has 0 spiro atoms. The van der Waals surface area contributed by atoms with Crippen molar-refractivity contribution in [2.24, 2.45) is 5.92 Å². The molecule has 2 rings (SSSR count). The summed E-state index contributed by atoms with van der Waals surface area (Å²) in [6.45, 7) is 10.9. The molecule has 96 valence electrons. The summed E-state index contributed by atoms with van der Waals surface area (Å²) in [6.07, 6.45) is 3.07. The third-order valence-corrected chi connectivity index (χ3v) is 3.06. The van der Waals surface area contributed by atoms with E-state index in [1.54, 1.807) is 0 Å². The number of hydrogen-bond acceptors (Lipinski definition) is 4. The minimum atomic E-state index is 0.635. The van der Waals surface area contributed by atoms with Crippen molar-refractivity contribution in [1.82, 2.24) is 25.0 Å². The van der Waals surface area contributed by atoms with Gasteiger partial charge in [-0.15, -0.1) is 10.2 Å². The standard InChI is InChI=1S/C12H23N5/c1-11(2)8-17-10-14-15-12(17)9-16-6-3-4-13-5-7-16/h10-11,13H,3-9H2,1-2H3. The molecule has 17 heavy (non-hydrogen) atoms. The van der Waals surface area contributed by atoms with Gasteiger partial charge in [0.2, 0.25) is 0 Å². The Morgan fingerprint density at radius 2 is 2.24 bits per heavy atom. The fraction of sp³-hybridized carbons (Fsp3) is 0.833. The zero-order valence-electron chi connectivity index (χ0n) is 10.9. The summed E-state index contributed by atoms with van der Waals surface area (Å²) in [5.74, 6) is 1.73. The van der Waals surface area contributed by atoms with Gasteiger partial charge in [0.25, 0.3) is 0 Å². The Hall–Kier alpha value is -0.940. The van der Waals surface area contributed by atoms with Gasteiger partial charge in [0, 0.05) is 19.6 Å². The number of nitrogens with one attached hydrogen (secondary N) is 1. The van der Waals surface area contributed by atoms with Crippen molar-refractivity contribution in [3.8, 4) is 0 Å². The van der Waals surface area contributed by atoms with Crippen LogP contribution in [-0.4, -0.2) is 45.8 Å². The summed E-state index contributed by atoms with van der Waals surface area (Å²) in [6, 6.07) is 0. The van der Waals surface area contributed by atoms with Crippen LogP contribution in [0.5, 0.6) is 0 Å². The Kier molecular flexibility index (Phi) is 4.50. The van der Waals surface area contributed by atoms with Gasteiger partial charge in [-0.1, -0.05) is 13.8 Å². The van der Waals surface area contributed by atoms with E-state index in [0.29, 0.717) is 5.92 Å². The van der Waals surface area contributed by atoms with E-state index in [1.165, 1.54) is 6.42 Å². The molecule has 0 bridgehead atoms. The molecule has 1 saturated heterocycles. The van der Waals surface area contributed by atoms with E-state index in [9.17, 15) is 0 Å². The molecule has 0 aromatic carbocycles. The van der Waals surface area contributed by atoms with Gasteiger partial charge in [-0.2, -0.15) is 0 Å². The summed E-state index contributed by atoms with van der Waals surface area (Å²) < 4.78 is 2.18. The highest BCUT2D eigenvalue weighted by Gasteiger charge is 2.13. The first kappa shape index (κ1) is 12.5. The molecule has 1 fully saturated rings. The molecule has 1 aromatic rings. The summed E-state index contributed by atoms with van der Waals surface area (Å²) in [5, 5.41) is 11.7. The molecule has 0 radical (unpaired) electrons. The third-order valence-electron chi connectivity index (χ3n) is 3.06. The van der Waals surface area contributed by atoms with Crippen molar-refractivity contribution in [3.05, 3.63) is 12.2 Å². The van der Waals surface area contributed by atoms with E-state index in [-0.39, 0.29) is 0 Å². The zero-order valence-corrected chi connectivity index (χ0v) is 10.9. The highest BCUT2D eigenvalue weighted by atomic mass is 15.3. The maximum Gasteiger partial charge on any atom is 0.147 e. The highest BCUT2D eigenvalue weighted by molar-refractivity contribution is 4.87. The number of hydrogen-bond donors (Lipinski definition) is 1. The van der Waals surface area contributed by atoms with Crippen molar-refractivity contribution in [3.63, 3.8) is 0 Å². The molecule has 0 saturated carbocycles. The van der Waals surface area contributed by atoms with Crippen LogP contribution in [0.2, 0.25) is 0 Å². The monoisotopic (exact) mass is 237 g/mol.